The summed E-state index contributed by atoms with van der Waals surface area (Å²) in [6.45, 7) is 6.44. The van der Waals surface area contributed by atoms with Gasteiger partial charge in [0.15, 0.2) is 6.10 Å². The average molecular weight is 1010 g/mol. The van der Waals surface area contributed by atoms with Gasteiger partial charge in [-0.2, -0.15) is 0 Å². The Labute approximate surface area is 450 Å². The Hall–Kier alpha value is -4.19. The van der Waals surface area contributed by atoms with E-state index in [0.717, 1.165) is 135 Å². The molecule has 0 aromatic rings. The maximum Gasteiger partial charge on any atom is 0.306 e. The molecule has 0 saturated heterocycles. The van der Waals surface area contributed by atoms with Crippen molar-refractivity contribution in [3.05, 3.63) is 122 Å². The molecule has 0 spiro atoms. The van der Waals surface area contributed by atoms with Gasteiger partial charge in [0.2, 0.25) is 0 Å². The van der Waals surface area contributed by atoms with Gasteiger partial charge in [-0.25, -0.2) is 0 Å². The molecule has 0 aliphatic carbocycles. The van der Waals surface area contributed by atoms with E-state index in [1.165, 1.54) is 89.9 Å². The number of unbranched alkanes of at least 4 members (excludes halogenated alkanes) is 22. The second-order valence-electron chi connectivity index (χ2n) is 19.5. The molecule has 6 nitrogen and oxygen atoms in total. The Morgan fingerprint density at radius 1 is 0.288 bits per heavy atom. The van der Waals surface area contributed by atoms with Gasteiger partial charge in [-0.05, 0) is 116 Å². The third-order valence-electron chi connectivity index (χ3n) is 12.5. The summed E-state index contributed by atoms with van der Waals surface area (Å²) >= 11 is 0. The number of carbonyl (C=O) groups is 3. The zero-order chi connectivity index (χ0) is 52.9. The van der Waals surface area contributed by atoms with Crippen LogP contribution in [0.5, 0.6) is 0 Å². The molecule has 0 saturated carbocycles. The van der Waals surface area contributed by atoms with Crippen molar-refractivity contribution in [1.29, 1.82) is 0 Å². The third-order valence-corrected chi connectivity index (χ3v) is 12.5. The highest BCUT2D eigenvalue weighted by Gasteiger charge is 2.19. The monoisotopic (exact) mass is 1010 g/mol. The molecule has 0 heterocycles. The topological polar surface area (TPSA) is 78.9 Å². The summed E-state index contributed by atoms with van der Waals surface area (Å²) in [5.41, 5.74) is 0. The molecule has 0 aromatic carbocycles. The van der Waals surface area contributed by atoms with Crippen LogP contribution in [0.2, 0.25) is 0 Å². The fraction of sp³-hybridized carbons (Fsp3) is 0.657. The van der Waals surface area contributed by atoms with Gasteiger partial charge >= 0.3 is 17.9 Å². The fourth-order valence-electron chi connectivity index (χ4n) is 7.96. The van der Waals surface area contributed by atoms with Gasteiger partial charge in [0.25, 0.3) is 0 Å². The number of carbonyl (C=O) groups excluding carboxylic acids is 3. The molecule has 0 aromatic heterocycles. The first kappa shape index (κ1) is 68.8. The van der Waals surface area contributed by atoms with Crippen LogP contribution in [-0.2, 0) is 28.6 Å². The maximum absolute atomic E-state index is 12.8. The summed E-state index contributed by atoms with van der Waals surface area (Å²) in [5, 5.41) is 0. The fourth-order valence-corrected chi connectivity index (χ4v) is 7.96. The highest BCUT2D eigenvalue weighted by molar-refractivity contribution is 5.71. The van der Waals surface area contributed by atoms with Crippen molar-refractivity contribution in [3.8, 4) is 0 Å². The molecule has 0 radical (unpaired) electrons. The van der Waals surface area contributed by atoms with Crippen LogP contribution in [0.1, 0.15) is 265 Å². The highest BCUT2D eigenvalue weighted by Crippen LogP contribution is 2.14. The third kappa shape index (κ3) is 58.6. The van der Waals surface area contributed by atoms with E-state index in [-0.39, 0.29) is 31.1 Å². The minimum Gasteiger partial charge on any atom is -0.462 e. The van der Waals surface area contributed by atoms with Gasteiger partial charge in [0.1, 0.15) is 13.2 Å². The van der Waals surface area contributed by atoms with Crippen LogP contribution in [-0.4, -0.2) is 37.2 Å². The van der Waals surface area contributed by atoms with E-state index in [1.807, 2.05) is 0 Å². The van der Waals surface area contributed by atoms with Crippen molar-refractivity contribution >= 4 is 17.9 Å². The molecule has 1 unspecified atom stereocenters. The summed E-state index contributed by atoms with van der Waals surface area (Å²) < 4.78 is 16.7. The van der Waals surface area contributed by atoms with E-state index in [2.05, 4.69) is 142 Å². The molecule has 73 heavy (non-hydrogen) atoms. The van der Waals surface area contributed by atoms with Gasteiger partial charge in [-0.15, -0.1) is 0 Å². The second-order valence-corrected chi connectivity index (χ2v) is 19.5. The largest absolute Gasteiger partial charge is 0.462 e. The lowest BCUT2D eigenvalue weighted by Gasteiger charge is -2.18. The van der Waals surface area contributed by atoms with Crippen LogP contribution in [0, 0.1) is 0 Å². The van der Waals surface area contributed by atoms with Crippen molar-refractivity contribution in [2.75, 3.05) is 13.2 Å². The molecule has 6 heteroatoms. The Morgan fingerprint density at radius 3 is 0.863 bits per heavy atom. The normalized spacial score (nSPS) is 13.0. The van der Waals surface area contributed by atoms with Crippen molar-refractivity contribution in [3.63, 3.8) is 0 Å². The van der Waals surface area contributed by atoms with Gasteiger partial charge in [-0.1, -0.05) is 251 Å². The van der Waals surface area contributed by atoms with E-state index < -0.39 is 6.10 Å². The average Bonchev–Trinajstić information content (AvgIpc) is 3.39. The van der Waals surface area contributed by atoms with E-state index in [9.17, 15) is 14.4 Å². The van der Waals surface area contributed by atoms with Crippen LogP contribution in [0.3, 0.4) is 0 Å². The molecule has 0 N–H and O–H groups in total. The summed E-state index contributed by atoms with van der Waals surface area (Å²) in [6, 6.07) is 0. The quantitative estimate of drug-likeness (QED) is 0.0261. The molecular formula is C67H110O6. The van der Waals surface area contributed by atoms with Crippen molar-refractivity contribution in [2.45, 2.75) is 271 Å². The zero-order valence-corrected chi connectivity index (χ0v) is 47.4. The van der Waals surface area contributed by atoms with Crippen LogP contribution >= 0.6 is 0 Å². The van der Waals surface area contributed by atoms with E-state index >= 15 is 0 Å². The Bertz CT molecular complexity index is 1540. The van der Waals surface area contributed by atoms with Gasteiger partial charge < -0.3 is 14.2 Å². The standard InChI is InChI=1S/C67H110O6/c1-4-7-10-13-16-18-20-22-23-24-25-26-27-28-29-30-31-32-33-34-35-36-37-38-39-40-41-42-43-45-46-48-51-54-57-60-66(69)72-63-64(62-71-65(68)59-56-53-50-15-12-9-6-3)73-67(70)61-58-55-52-49-47-44-21-19-17-14-11-8-5-2/h7,10,16,18-19,21-23,25-26,28-29,31-32,34-35,37-38,40-41,64H,4-6,8-9,11-15,17,20,24,27,30,33,36,39,42-63H2,1-3H3/b10-7-,18-16-,21-19-,23-22-,26-25-,29-28-,32-31-,35-34-,38-37-,41-40-. The van der Waals surface area contributed by atoms with Crippen molar-refractivity contribution < 1.29 is 28.6 Å². The molecule has 0 fully saturated rings. The minimum atomic E-state index is -0.785. The predicted octanol–water partition coefficient (Wildman–Crippen LogP) is 20.4. The van der Waals surface area contributed by atoms with Gasteiger partial charge in [-0.3, -0.25) is 14.4 Å². The maximum atomic E-state index is 12.8. The number of allylic oxidation sites excluding steroid dienone is 20. The first-order valence-corrected chi connectivity index (χ1v) is 30.0. The van der Waals surface area contributed by atoms with E-state index in [0.29, 0.717) is 19.3 Å². The van der Waals surface area contributed by atoms with Crippen LogP contribution < -0.4 is 0 Å². The van der Waals surface area contributed by atoms with Crippen LogP contribution in [0.25, 0.3) is 0 Å². The number of rotatable bonds is 53. The Morgan fingerprint density at radius 2 is 0.534 bits per heavy atom. The van der Waals surface area contributed by atoms with Crippen LogP contribution in [0.15, 0.2) is 122 Å². The van der Waals surface area contributed by atoms with E-state index in [4.69, 9.17) is 14.2 Å². The Kier molecular flexibility index (Phi) is 56.9. The SMILES string of the molecule is CC/C=C\C/C=C\C/C=C\C/C=C\C/C=C\C/C=C\C/C=C\C/C=C\C/C=C\CCCCCCCCCC(=O)OCC(COC(=O)CCCCCCCCC)OC(=O)CCCCCCC/C=C\CCCCCC. The minimum absolute atomic E-state index is 0.0849. The number of hydrogen-bond acceptors (Lipinski definition) is 6. The Balaban J connectivity index is 4.12. The molecule has 1 atom stereocenters. The lowest BCUT2D eigenvalue weighted by molar-refractivity contribution is -0.167. The van der Waals surface area contributed by atoms with Gasteiger partial charge in [0, 0.05) is 19.3 Å². The first-order valence-electron chi connectivity index (χ1n) is 30.0. The smallest absolute Gasteiger partial charge is 0.306 e. The lowest BCUT2D eigenvalue weighted by atomic mass is 10.1. The summed E-state index contributed by atoms with van der Waals surface area (Å²) in [7, 11) is 0. The summed E-state index contributed by atoms with van der Waals surface area (Å²) in [5.74, 6) is -0.914. The molecule has 0 rings (SSSR count). The number of esters is 3. The van der Waals surface area contributed by atoms with Crippen LogP contribution in [0.4, 0.5) is 0 Å². The number of ether oxygens (including phenoxy) is 3. The van der Waals surface area contributed by atoms with Gasteiger partial charge in [0.05, 0.1) is 0 Å². The molecule has 0 amide bonds. The number of hydrogen-bond donors (Lipinski definition) is 0. The molecule has 0 aliphatic heterocycles. The summed E-state index contributed by atoms with van der Waals surface area (Å²) in [4.78, 5) is 37.9. The van der Waals surface area contributed by atoms with E-state index in [1.54, 1.807) is 0 Å². The van der Waals surface area contributed by atoms with Crippen molar-refractivity contribution in [1.82, 2.24) is 0 Å². The highest BCUT2D eigenvalue weighted by atomic mass is 16.6. The molecule has 0 bridgehead atoms. The summed E-state index contributed by atoms with van der Waals surface area (Å²) in [6.07, 6.45) is 83.7. The second kappa shape index (κ2) is 60.4. The first-order chi connectivity index (χ1) is 36.0. The zero-order valence-electron chi connectivity index (χ0n) is 47.4. The molecule has 0 aliphatic rings. The predicted molar refractivity (Wildman–Crippen MR) is 316 cm³/mol. The molecule has 414 valence electrons. The molecular weight excluding hydrogens is 901 g/mol. The lowest BCUT2D eigenvalue weighted by Crippen LogP contribution is -2.30. The van der Waals surface area contributed by atoms with Crippen molar-refractivity contribution in [2.24, 2.45) is 0 Å².